The number of nitrogens with one attached hydrogen (secondary N) is 1. The summed E-state index contributed by atoms with van der Waals surface area (Å²) in [4.78, 5) is 30.3. The molecule has 8 heteroatoms. The van der Waals surface area contributed by atoms with E-state index in [1.807, 2.05) is 5.09 Å². The number of aromatic hydroxyl groups is 2. The number of anilines is 1. The van der Waals surface area contributed by atoms with Gasteiger partial charge in [0.25, 0.3) is 0 Å². The molecule has 0 fully saturated rings. The Morgan fingerprint density at radius 3 is 2.39 bits per heavy atom. The summed E-state index contributed by atoms with van der Waals surface area (Å²) in [7, 11) is -4.57. The Morgan fingerprint density at radius 1 is 1.04 bits per heavy atom. The first-order valence-electron chi connectivity index (χ1n) is 6.72. The molecule has 0 amide bonds. The van der Waals surface area contributed by atoms with Gasteiger partial charge in [0, 0.05) is 12.0 Å². The summed E-state index contributed by atoms with van der Waals surface area (Å²) >= 11 is 0. The normalized spacial score (nSPS) is 11.2. The van der Waals surface area contributed by atoms with Crippen LogP contribution in [0.2, 0.25) is 0 Å². The first kappa shape index (κ1) is 17.0. The minimum atomic E-state index is -4.57. The summed E-state index contributed by atoms with van der Waals surface area (Å²) in [5, 5.41) is 20.8. The highest BCUT2D eigenvalue weighted by molar-refractivity contribution is 7.53. The summed E-state index contributed by atoms with van der Waals surface area (Å²) < 4.78 is 11.1. The van der Waals surface area contributed by atoms with Crippen molar-refractivity contribution in [2.24, 2.45) is 0 Å². The van der Waals surface area contributed by atoms with Crippen LogP contribution in [0.15, 0.2) is 42.5 Å². The Bertz CT molecular complexity index is 770. The molecule has 0 saturated heterocycles. The maximum Gasteiger partial charge on any atom is 0.427 e. The molecule has 122 valence electrons. The van der Waals surface area contributed by atoms with Gasteiger partial charge in [-0.1, -0.05) is 12.1 Å². The van der Waals surface area contributed by atoms with Gasteiger partial charge in [0.05, 0.1) is 5.69 Å². The molecule has 0 spiro atoms. The molecule has 0 heterocycles. The van der Waals surface area contributed by atoms with Crippen LogP contribution in [0.4, 0.5) is 5.69 Å². The van der Waals surface area contributed by atoms with E-state index in [1.54, 1.807) is 12.1 Å². The molecule has 0 atom stereocenters. The molecule has 0 aliphatic heterocycles. The second-order valence-electron chi connectivity index (χ2n) is 4.98. The zero-order valence-corrected chi connectivity index (χ0v) is 12.9. The molecule has 0 saturated carbocycles. The Balaban J connectivity index is 2.18. The van der Waals surface area contributed by atoms with Crippen molar-refractivity contribution in [3.8, 4) is 11.5 Å². The lowest BCUT2D eigenvalue weighted by Crippen LogP contribution is -2.06. The fraction of sp³-hybridized carbons (Fsp3) is 0.133. The molecule has 5 N–H and O–H groups in total. The van der Waals surface area contributed by atoms with E-state index in [9.17, 15) is 19.6 Å². The van der Waals surface area contributed by atoms with E-state index < -0.39 is 7.75 Å². The van der Waals surface area contributed by atoms with Crippen molar-refractivity contribution in [2.45, 2.75) is 12.8 Å². The van der Waals surface area contributed by atoms with Gasteiger partial charge in [-0.3, -0.25) is 9.88 Å². The van der Waals surface area contributed by atoms with Gasteiger partial charge in [0.2, 0.25) is 0 Å². The van der Waals surface area contributed by atoms with E-state index in [4.69, 9.17) is 9.79 Å². The standard InChI is InChI=1S/C15H16NO6P/c17-11-3-1-2-10(8-11)4-7-15(19)13-9-12(18)5-6-14(13)16-23(20,21)22/h1-3,5-6,8-9,17-18H,4,7H2,(H3,16,20,21,22). The van der Waals surface area contributed by atoms with Crippen LogP contribution in [-0.4, -0.2) is 25.8 Å². The number of hydrogen-bond acceptors (Lipinski definition) is 4. The monoisotopic (exact) mass is 337 g/mol. The highest BCUT2D eigenvalue weighted by atomic mass is 31.2. The molecule has 2 rings (SSSR count). The summed E-state index contributed by atoms with van der Waals surface area (Å²) in [5.74, 6) is -0.474. The largest absolute Gasteiger partial charge is 0.508 e. The number of benzene rings is 2. The van der Waals surface area contributed by atoms with Gasteiger partial charge in [0.15, 0.2) is 5.78 Å². The third-order valence-electron chi connectivity index (χ3n) is 3.12. The third-order valence-corrected chi connectivity index (χ3v) is 3.65. The molecule has 0 aliphatic carbocycles. The van der Waals surface area contributed by atoms with Crippen LogP contribution < -0.4 is 5.09 Å². The maximum absolute atomic E-state index is 12.3. The van der Waals surface area contributed by atoms with Gasteiger partial charge >= 0.3 is 7.75 Å². The van der Waals surface area contributed by atoms with Gasteiger partial charge in [-0.05, 0) is 42.3 Å². The quantitative estimate of drug-likeness (QED) is 0.311. The van der Waals surface area contributed by atoms with Crippen LogP contribution in [0.25, 0.3) is 0 Å². The molecule has 0 radical (unpaired) electrons. The first-order valence-corrected chi connectivity index (χ1v) is 8.34. The molecule has 23 heavy (non-hydrogen) atoms. The number of carbonyl (C=O) groups is 1. The lowest BCUT2D eigenvalue weighted by molar-refractivity contribution is 0.0983. The Kier molecular flexibility index (Phi) is 5.05. The predicted molar refractivity (Wildman–Crippen MR) is 84.5 cm³/mol. The smallest absolute Gasteiger partial charge is 0.427 e. The minimum absolute atomic E-state index is 0.00604. The van der Waals surface area contributed by atoms with Gasteiger partial charge in [-0.25, -0.2) is 4.57 Å². The molecule has 0 aliphatic rings. The van der Waals surface area contributed by atoms with Crippen molar-refractivity contribution in [3.63, 3.8) is 0 Å². The van der Waals surface area contributed by atoms with Crippen molar-refractivity contribution in [1.29, 1.82) is 0 Å². The van der Waals surface area contributed by atoms with E-state index in [1.165, 1.54) is 24.3 Å². The molecule has 0 aromatic heterocycles. The molecule has 7 nitrogen and oxygen atoms in total. The van der Waals surface area contributed by atoms with E-state index >= 15 is 0 Å². The number of rotatable bonds is 6. The minimum Gasteiger partial charge on any atom is -0.508 e. The van der Waals surface area contributed by atoms with Gasteiger partial charge in [0.1, 0.15) is 11.5 Å². The number of aryl methyl sites for hydroxylation is 1. The highest BCUT2D eigenvalue weighted by Gasteiger charge is 2.19. The van der Waals surface area contributed by atoms with E-state index in [-0.39, 0.29) is 35.0 Å². The SMILES string of the molecule is O=C(CCc1cccc(O)c1)c1cc(O)ccc1NP(=O)(O)O. The number of phenols is 2. The molecule has 2 aromatic carbocycles. The van der Waals surface area contributed by atoms with Crippen LogP contribution in [0.5, 0.6) is 11.5 Å². The van der Waals surface area contributed by atoms with Gasteiger partial charge < -0.3 is 20.0 Å². The Morgan fingerprint density at radius 2 is 1.74 bits per heavy atom. The van der Waals surface area contributed by atoms with Crippen LogP contribution in [0, 0.1) is 0 Å². The number of carbonyl (C=O) groups excluding carboxylic acids is 1. The maximum atomic E-state index is 12.3. The number of phenolic OH excluding ortho intramolecular Hbond substituents is 2. The summed E-state index contributed by atoms with van der Waals surface area (Å²) in [6.45, 7) is 0. The fourth-order valence-corrected chi connectivity index (χ4v) is 2.63. The van der Waals surface area contributed by atoms with Crippen molar-refractivity contribution in [2.75, 3.05) is 5.09 Å². The summed E-state index contributed by atoms with van der Waals surface area (Å²) in [5.41, 5.74) is 0.702. The first-order chi connectivity index (χ1) is 10.7. The molecule has 2 aromatic rings. The number of Topliss-reactive ketones (excluding diaryl/α,β-unsaturated/α-hetero) is 1. The van der Waals surface area contributed by atoms with Crippen molar-refractivity contribution in [3.05, 3.63) is 53.6 Å². The van der Waals surface area contributed by atoms with Crippen LogP contribution >= 0.6 is 7.75 Å². The average molecular weight is 337 g/mol. The average Bonchev–Trinajstić information content (AvgIpc) is 2.45. The second kappa shape index (κ2) is 6.83. The van der Waals surface area contributed by atoms with Crippen LogP contribution in [0.1, 0.15) is 22.3 Å². The Labute approximate surface area is 132 Å². The predicted octanol–water partition coefficient (Wildman–Crippen LogP) is 2.42. The van der Waals surface area contributed by atoms with Crippen molar-refractivity contribution < 1.29 is 29.4 Å². The van der Waals surface area contributed by atoms with E-state index in [0.717, 1.165) is 11.6 Å². The number of ketones is 1. The fourth-order valence-electron chi connectivity index (χ4n) is 2.12. The highest BCUT2D eigenvalue weighted by Crippen LogP contribution is 2.37. The topological polar surface area (TPSA) is 127 Å². The van der Waals surface area contributed by atoms with Crippen LogP contribution in [-0.2, 0) is 11.0 Å². The summed E-state index contributed by atoms with van der Waals surface area (Å²) in [6, 6.07) is 10.1. The molecule has 0 unspecified atom stereocenters. The molecule has 0 bridgehead atoms. The zero-order chi connectivity index (χ0) is 17.0. The van der Waals surface area contributed by atoms with Gasteiger partial charge in [-0.15, -0.1) is 0 Å². The van der Waals surface area contributed by atoms with Crippen molar-refractivity contribution in [1.82, 2.24) is 0 Å². The summed E-state index contributed by atoms with van der Waals surface area (Å²) in [6.07, 6.45) is 0.404. The van der Waals surface area contributed by atoms with Gasteiger partial charge in [-0.2, -0.15) is 0 Å². The van der Waals surface area contributed by atoms with Crippen LogP contribution in [0.3, 0.4) is 0 Å². The lowest BCUT2D eigenvalue weighted by atomic mass is 10.0. The van der Waals surface area contributed by atoms with E-state index in [0.29, 0.717) is 6.42 Å². The van der Waals surface area contributed by atoms with E-state index in [2.05, 4.69) is 0 Å². The van der Waals surface area contributed by atoms with Crippen molar-refractivity contribution >= 4 is 19.2 Å². The third kappa shape index (κ3) is 5.10. The zero-order valence-electron chi connectivity index (χ0n) is 12.0. The number of hydrogen-bond donors (Lipinski definition) is 5. The Hall–Kier alpha value is -2.34. The lowest BCUT2D eigenvalue weighted by Gasteiger charge is -2.12. The molecular weight excluding hydrogens is 321 g/mol. The molecular formula is C15H16NO6P. The second-order valence-corrected chi connectivity index (χ2v) is 6.29.